The van der Waals surface area contributed by atoms with Gasteiger partial charge in [-0.05, 0) is 36.8 Å². The summed E-state index contributed by atoms with van der Waals surface area (Å²) < 4.78 is 37.5. The molecule has 118 valence electrons. The number of sulfonamides is 1. The van der Waals surface area contributed by atoms with E-state index >= 15 is 0 Å². The van der Waals surface area contributed by atoms with Gasteiger partial charge in [0.1, 0.15) is 0 Å². The van der Waals surface area contributed by atoms with Crippen LogP contribution in [0.5, 0.6) is 11.5 Å². The van der Waals surface area contributed by atoms with Crippen LogP contribution in [0.3, 0.4) is 0 Å². The Hall–Kier alpha value is -1.92. The molecule has 0 saturated heterocycles. The van der Waals surface area contributed by atoms with Gasteiger partial charge in [-0.3, -0.25) is 4.72 Å². The van der Waals surface area contributed by atoms with Crippen LogP contribution in [0.4, 0.5) is 5.69 Å². The lowest BCUT2D eigenvalue weighted by molar-refractivity contribution is 0.355. The number of rotatable bonds is 5. The quantitative estimate of drug-likeness (QED) is 0.904. The second-order valence-electron chi connectivity index (χ2n) is 4.59. The summed E-state index contributed by atoms with van der Waals surface area (Å²) in [6, 6.07) is 9.34. The third-order valence-electron chi connectivity index (χ3n) is 3.09. The smallest absolute Gasteiger partial charge is 0.261 e. The summed E-state index contributed by atoms with van der Waals surface area (Å²) in [6.07, 6.45) is 0. The van der Waals surface area contributed by atoms with Crippen LogP contribution in [0.2, 0.25) is 5.02 Å². The fraction of sp³-hybridized carbons (Fsp3) is 0.200. The first kappa shape index (κ1) is 16.5. The van der Waals surface area contributed by atoms with Gasteiger partial charge in [0.2, 0.25) is 0 Å². The van der Waals surface area contributed by atoms with E-state index < -0.39 is 10.0 Å². The molecule has 7 heteroatoms. The third kappa shape index (κ3) is 3.45. The van der Waals surface area contributed by atoms with Crippen LogP contribution in [-0.2, 0) is 10.0 Å². The Morgan fingerprint density at radius 1 is 1.00 bits per heavy atom. The molecule has 5 nitrogen and oxygen atoms in total. The largest absolute Gasteiger partial charge is 0.493 e. The van der Waals surface area contributed by atoms with Gasteiger partial charge in [0.05, 0.1) is 24.8 Å². The van der Waals surface area contributed by atoms with Gasteiger partial charge in [0, 0.05) is 11.1 Å². The van der Waals surface area contributed by atoms with Crippen LogP contribution in [0.15, 0.2) is 41.3 Å². The molecule has 0 fully saturated rings. The molecule has 0 aliphatic heterocycles. The van der Waals surface area contributed by atoms with Crippen LogP contribution in [0, 0.1) is 6.92 Å². The number of aryl methyl sites for hydroxylation is 1. The monoisotopic (exact) mass is 341 g/mol. The van der Waals surface area contributed by atoms with Crippen LogP contribution >= 0.6 is 11.6 Å². The highest BCUT2D eigenvalue weighted by Gasteiger charge is 2.16. The van der Waals surface area contributed by atoms with Crippen LogP contribution in [-0.4, -0.2) is 22.6 Å². The molecule has 0 bridgehead atoms. The van der Waals surface area contributed by atoms with E-state index in [1.807, 2.05) is 0 Å². The van der Waals surface area contributed by atoms with Crippen molar-refractivity contribution in [1.29, 1.82) is 0 Å². The zero-order valence-electron chi connectivity index (χ0n) is 12.4. The highest BCUT2D eigenvalue weighted by molar-refractivity contribution is 7.92. The average molecular weight is 342 g/mol. The molecule has 0 radical (unpaired) electrons. The zero-order valence-corrected chi connectivity index (χ0v) is 14.0. The van der Waals surface area contributed by atoms with E-state index in [0.29, 0.717) is 22.2 Å². The molecule has 0 aromatic heterocycles. The van der Waals surface area contributed by atoms with Gasteiger partial charge in [-0.2, -0.15) is 0 Å². The topological polar surface area (TPSA) is 64.6 Å². The summed E-state index contributed by atoms with van der Waals surface area (Å²) in [4.78, 5) is 0.0953. The Morgan fingerprint density at radius 2 is 1.68 bits per heavy atom. The maximum atomic E-state index is 12.4. The van der Waals surface area contributed by atoms with Gasteiger partial charge in [-0.25, -0.2) is 8.42 Å². The number of ether oxygens (including phenoxy) is 2. The maximum Gasteiger partial charge on any atom is 0.261 e. The molecule has 0 unspecified atom stereocenters. The van der Waals surface area contributed by atoms with Gasteiger partial charge in [0.15, 0.2) is 11.5 Å². The summed E-state index contributed by atoms with van der Waals surface area (Å²) in [5.74, 6) is 0.952. The van der Waals surface area contributed by atoms with Crippen molar-refractivity contribution in [1.82, 2.24) is 0 Å². The van der Waals surface area contributed by atoms with Gasteiger partial charge in [-0.1, -0.05) is 17.7 Å². The molecule has 1 N–H and O–H groups in total. The minimum atomic E-state index is -3.73. The maximum absolute atomic E-state index is 12.4. The molecule has 0 saturated carbocycles. The van der Waals surface area contributed by atoms with E-state index in [9.17, 15) is 8.42 Å². The lowest BCUT2D eigenvalue weighted by Gasteiger charge is -2.12. The number of anilines is 1. The second kappa shape index (κ2) is 6.46. The predicted octanol–water partition coefficient (Wildman–Crippen LogP) is 3.47. The van der Waals surface area contributed by atoms with Crippen molar-refractivity contribution in [2.75, 3.05) is 18.9 Å². The Balaban J connectivity index is 2.34. The number of halogens is 1. The Labute approximate surface area is 134 Å². The molecule has 0 amide bonds. The first-order valence-electron chi connectivity index (χ1n) is 6.38. The van der Waals surface area contributed by atoms with E-state index in [-0.39, 0.29) is 4.90 Å². The molecular formula is C15H16ClNO4S. The van der Waals surface area contributed by atoms with Gasteiger partial charge >= 0.3 is 0 Å². The number of nitrogens with one attached hydrogen (secondary N) is 1. The van der Waals surface area contributed by atoms with Crippen molar-refractivity contribution in [2.45, 2.75) is 11.8 Å². The average Bonchev–Trinajstić information content (AvgIpc) is 2.49. The molecule has 2 rings (SSSR count). The fourth-order valence-corrected chi connectivity index (χ4v) is 3.18. The SMILES string of the molecule is COc1ccc(NS(=O)(=O)c2ccc(C)c(Cl)c2)cc1OC. The van der Waals surface area contributed by atoms with E-state index in [4.69, 9.17) is 21.1 Å². The van der Waals surface area contributed by atoms with Crippen molar-refractivity contribution in [3.63, 3.8) is 0 Å². The molecule has 0 aliphatic carbocycles. The molecule has 2 aromatic carbocycles. The Kier molecular flexibility index (Phi) is 4.83. The standard InChI is InChI=1S/C15H16ClNO4S/c1-10-4-6-12(9-13(10)16)22(18,19)17-11-5-7-14(20-2)15(8-11)21-3/h4-9,17H,1-3H3. The first-order valence-corrected chi connectivity index (χ1v) is 8.24. The van der Waals surface area contributed by atoms with Crippen molar-refractivity contribution in [3.8, 4) is 11.5 Å². The Bertz CT molecular complexity index is 790. The molecular weight excluding hydrogens is 326 g/mol. The van der Waals surface area contributed by atoms with Crippen molar-refractivity contribution < 1.29 is 17.9 Å². The number of benzene rings is 2. The summed E-state index contributed by atoms with van der Waals surface area (Å²) >= 11 is 5.98. The lowest BCUT2D eigenvalue weighted by atomic mass is 10.2. The minimum absolute atomic E-state index is 0.0953. The highest BCUT2D eigenvalue weighted by Crippen LogP contribution is 2.31. The molecule has 0 atom stereocenters. The van der Waals surface area contributed by atoms with E-state index in [1.54, 1.807) is 31.2 Å². The third-order valence-corrected chi connectivity index (χ3v) is 4.88. The van der Waals surface area contributed by atoms with Gasteiger partial charge in [-0.15, -0.1) is 0 Å². The lowest BCUT2D eigenvalue weighted by Crippen LogP contribution is -2.13. The normalized spacial score (nSPS) is 11.1. The molecule has 2 aromatic rings. The van der Waals surface area contributed by atoms with Crippen LogP contribution in [0.25, 0.3) is 0 Å². The zero-order chi connectivity index (χ0) is 16.3. The van der Waals surface area contributed by atoms with Crippen molar-refractivity contribution >= 4 is 27.3 Å². The van der Waals surface area contributed by atoms with E-state index in [0.717, 1.165) is 5.56 Å². The number of methoxy groups -OCH3 is 2. The number of hydrogen-bond donors (Lipinski definition) is 1. The number of hydrogen-bond acceptors (Lipinski definition) is 4. The van der Waals surface area contributed by atoms with Crippen molar-refractivity contribution in [2.24, 2.45) is 0 Å². The van der Waals surface area contributed by atoms with Crippen LogP contribution in [0.1, 0.15) is 5.56 Å². The van der Waals surface area contributed by atoms with E-state index in [2.05, 4.69) is 4.72 Å². The summed E-state index contributed by atoms with van der Waals surface area (Å²) in [7, 11) is -0.736. The fourth-order valence-electron chi connectivity index (χ4n) is 1.85. The molecule has 0 heterocycles. The van der Waals surface area contributed by atoms with Crippen molar-refractivity contribution in [3.05, 3.63) is 47.0 Å². The first-order chi connectivity index (χ1) is 10.4. The highest BCUT2D eigenvalue weighted by atomic mass is 35.5. The Morgan fingerprint density at radius 3 is 2.27 bits per heavy atom. The summed E-state index contributed by atoms with van der Waals surface area (Å²) in [6.45, 7) is 1.81. The molecule has 0 aliphatic rings. The summed E-state index contributed by atoms with van der Waals surface area (Å²) in [5, 5.41) is 0.398. The molecule has 0 spiro atoms. The van der Waals surface area contributed by atoms with E-state index in [1.165, 1.54) is 26.4 Å². The van der Waals surface area contributed by atoms with Gasteiger partial charge in [0.25, 0.3) is 10.0 Å². The minimum Gasteiger partial charge on any atom is -0.493 e. The van der Waals surface area contributed by atoms with Gasteiger partial charge < -0.3 is 9.47 Å². The summed E-state index contributed by atoms with van der Waals surface area (Å²) in [5.41, 5.74) is 1.18. The predicted molar refractivity (Wildman–Crippen MR) is 86.5 cm³/mol. The van der Waals surface area contributed by atoms with Crippen LogP contribution < -0.4 is 14.2 Å². The second-order valence-corrected chi connectivity index (χ2v) is 6.68. The molecule has 22 heavy (non-hydrogen) atoms.